The minimum absolute atomic E-state index is 0.0205. The van der Waals surface area contributed by atoms with Gasteiger partial charge < -0.3 is 26.4 Å². The first kappa shape index (κ1) is 37.1. The van der Waals surface area contributed by atoms with E-state index in [0.29, 0.717) is 25.1 Å². The average molecular weight is 701 g/mol. The molecule has 1 saturated heterocycles. The Morgan fingerprint density at radius 2 is 1.83 bits per heavy atom. The van der Waals surface area contributed by atoms with Crippen molar-refractivity contribution in [1.29, 1.82) is 5.26 Å². The lowest BCUT2D eigenvalue weighted by atomic mass is 9.62. The SMILES string of the molecule is COc1cc(C(=O)NCCCCCN)ccc1NC(=O)[C@@H]1N[C@@H](CC(C)(C)C)[C@](C#N)(c2ccc(Cl)cc2F)[C@H]1c1cccc(Cl)c1F. The molecule has 1 heterocycles. The van der Waals surface area contributed by atoms with E-state index in [1.165, 1.54) is 49.6 Å². The number of hydrogen-bond donors (Lipinski definition) is 4. The number of ether oxygens (including phenoxy) is 1. The molecule has 3 aromatic rings. The summed E-state index contributed by atoms with van der Waals surface area (Å²) in [6.45, 7) is 6.95. The highest BCUT2D eigenvalue weighted by molar-refractivity contribution is 6.31. The van der Waals surface area contributed by atoms with Crippen LogP contribution in [0.1, 0.15) is 73.9 Å². The number of nitriles is 1. The van der Waals surface area contributed by atoms with Gasteiger partial charge in [-0.1, -0.05) is 68.6 Å². The molecule has 2 amide bonds. The molecule has 8 nitrogen and oxygen atoms in total. The molecule has 256 valence electrons. The lowest BCUT2D eigenvalue weighted by Crippen LogP contribution is -2.45. The summed E-state index contributed by atoms with van der Waals surface area (Å²) < 4.78 is 37.4. The maximum Gasteiger partial charge on any atom is 0.251 e. The highest BCUT2D eigenvalue weighted by atomic mass is 35.5. The Morgan fingerprint density at radius 3 is 2.48 bits per heavy atom. The van der Waals surface area contributed by atoms with Gasteiger partial charge in [0.1, 0.15) is 22.8 Å². The molecule has 0 spiro atoms. The molecule has 0 saturated carbocycles. The number of nitrogens with one attached hydrogen (secondary N) is 3. The maximum atomic E-state index is 16.0. The summed E-state index contributed by atoms with van der Waals surface area (Å²) in [6.07, 6.45) is 2.89. The van der Waals surface area contributed by atoms with Crippen LogP contribution in [0, 0.1) is 28.4 Å². The number of hydrogen-bond acceptors (Lipinski definition) is 6. The fourth-order valence-corrected chi connectivity index (χ4v) is 6.79. The van der Waals surface area contributed by atoms with Crippen LogP contribution in [-0.2, 0) is 10.2 Å². The van der Waals surface area contributed by atoms with Gasteiger partial charge in [-0.25, -0.2) is 8.78 Å². The molecular formula is C36H41Cl2F2N5O3. The van der Waals surface area contributed by atoms with E-state index in [-0.39, 0.29) is 38.5 Å². The second kappa shape index (κ2) is 15.6. The van der Waals surface area contributed by atoms with Gasteiger partial charge in [0.05, 0.1) is 29.9 Å². The maximum absolute atomic E-state index is 16.0. The van der Waals surface area contributed by atoms with Gasteiger partial charge in [-0.2, -0.15) is 5.26 Å². The van der Waals surface area contributed by atoms with Gasteiger partial charge in [0.15, 0.2) is 0 Å². The topological polar surface area (TPSA) is 129 Å². The molecule has 4 rings (SSSR count). The van der Waals surface area contributed by atoms with Crippen molar-refractivity contribution in [2.45, 2.75) is 69.9 Å². The normalized spacial score (nSPS) is 20.6. The first-order valence-corrected chi connectivity index (χ1v) is 16.6. The van der Waals surface area contributed by atoms with Crippen LogP contribution in [0.5, 0.6) is 5.75 Å². The van der Waals surface area contributed by atoms with Crippen LogP contribution < -0.4 is 26.4 Å². The van der Waals surface area contributed by atoms with Gasteiger partial charge in [0.2, 0.25) is 5.91 Å². The standard InChI is InChI=1S/C36H41Cl2F2N5O3/c1-35(2,3)19-29-36(20-42,24-13-12-22(37)18-26(24)39)30(23-9-8-10-25(38)31(23)40)32(45-29)34(47)44-27-14-11-21(17-28(27)48-4)33(46)43-16-7-5-6-15-41/h8-14,17-18,29-30,32,45H,5-7,15-16,19,41H2,1-4H3,(H,43,46)(H,44,47)/t29-,30-,32+,36-/m0/s1. The van der Waals surface area contributed by atoms with Gasteiger partial charge in [-0.15, -0.1) is 0 Å². The van der Waals surface area contributed by atoms with E-state index in [0.717, 1.165) is 25.3 Å². The van der Waals surface area contributed by atoms with Crippen LogP contribution in [0.25, 0.3) is 0 Å². The first-order chi connectivity index (χ1) is 22.8. The minimum atomic E-state index is -1.77. The zero-order chi connectivity index (χ0) is 35.2. The van der Waals surface area contributed by atoms with Crippen molar-refractivity contribution in [3.63, 3.8) is 0 Å². The summed E-state index contributed by atoms with van der Waals surface area (Å²) in [6, 6.07) is 13.2. The predicted molar refractivity (Wildman–Crippen MR) is 184 cm³/mol. The molecule has 1 aliphatic heterocycles. The Hall–Kier alpha value is -3.75. The molecule has 0 radical (unpaired) electrons. The van der Waals surface area contributed by atoms with Gasteiger partial charge in [-0.3, -0.25) is 9.59 Å². The van der Waals surface area contributed by atoms with Crippen LogP contribution >= 0.6 is 23.2 Å². The Morgan fingerprint density at radius 1 is 1.08 bits per heavy atom. The average Bonchev–Trinajstić information content (AvgIpc) is 3.35. The molecule has 0 aliphatic carbocycles. The third-order valence-electron chi connectivity index (χ3n) is 8.62. The first-order valence-electron chi connectivity index (χ1n) is 15.8. The van der Waals surface area contributed by atoms with Crippen molar-refractivity contribution in [1.82, 2.24) is 10.6 Å². The van der Waals surface area contributed by atoms with Gasteiger partial charge >= 0.3 is 0 Å². The van der Waals surface area contributed by atoms with Crippen molar-refractivity contribution >= 4 is 40.7 Å². The summed E-state index contributed by atoms with van der Waals surface area (Å²) in [5, 5.41) is 20.0. The van der Waals surface area contributed by atoms with E-state index in [1.54, 1.807) is 6.07 Å². The number of benzene rings is 3. The number of amides is 2. The van der Waals surface area contributed by atoms with Crippen molar-refractivity contribution in [2.24, 2.45) is 11.1 Å². The minimum Gasteiger partial charge on any atom is -0.495 e. The predicted octanol–water partition coefficient (Wildman–Crippen LogP) is 7.10. The highest BCUT2D eigenvalue weighted by Gasteiger charge is 2.61. The van der Waals surface area contributed by atoms with Crippen molar-refractivity contribution in [3.8, 4) is 11.8 Å². The second-order valence-corrected chi connectivity index (χ2v) is 14.0. The van der Waals surface area contributed by atoms with E-state index in [1.807, 2.05) is 20.8 Å². The zero-order valence-corrected chi connectivity index (χ0v) is 28.9. The molecule has 48 heavy (non-hydrogen) atoms. The molecule has 0 unspecified atom stereocenters. The number of methoxy groups -OCH3 is 1. The number of rotatable bonds is 12. The van der Waals surface area contributed by atoms with Gasteiger partial charge in [0, 0.05) is 34.7 Å². The molecule has 12 heteroatoms. The zero-order valence-electron chi connectivity index (χ0n) is 27.4. The highest BCUT2D eigenvalue weighted by Crippen LogP contribution is 2.53. The summed E-state index contributed by atoms with van der Waals surface area (Å²) in [5.41, 5.74) is 3.89. The molecule has 1 aliphatic rings. The van der Waals surface area contributed by atoms with Crippen LogP contribution in [0.15, 0.2) is 54.6 Å². The van der Waals surface area contributed by atoms with Crippen molar-refractivity contribution in [3.05, 3.63) is 93.0 Å². The summed E-state index contributed by atoms with van der Waals surface area (Å²) >= 11 is 12.3. The molecule has 1 fully saturated rings. The number of halogens is 4. The smallest absolute Gasteiger partial charge is 0.251 e. The number of nitrogens with two attached hydrogens (primary N) is 1. The largest absolute Gasteiger partial charge is 0.495 e. The van der Waals surface area contributed by atoms with Crippen molar-refractivity contribution in [2.75, 3.05) is 25.5 Å². The van der Waals surface area contributed by atoms with Crippen molar-refractivity contribution < 1.29 is 23.1 Å². The Balaban J connectivity index is 1.78. The van der Waals surface area contributed by atoms with Crippen LogP contribution in [0.4, 0.5) is 14.5 Å². The number of carbonyl (C=O) groups excluding carboxylic acids is 2. The molecular weight excluding hydrogens is 659 g/mol. The Kier molecular flexibility index (Phi) is 12.1. The van der Waals surface area contributed by atoms with E-state index in [2.05, 4.69) is 22.0 Å². The number of nitrogens with zero attached hydrogens (tertiary/aromatic N) is 1. The lowest BCUT2D eigenvalue weighted by Gasteiger charge is -2.37. The quantitative estimate of drug-likeness (QED) is 0.149. The van der Waals surface area contributed by atoms with E-state index < -0.39 is 46.4 Å². The van der Waals surface area contributed by atoms with Crippen LogP contribution in [-0.4, -0.2) is 44.1 Å². The summed E-state index contributed by atoms with van der Waals surface area (Å²) in [7, 11) is 1.40. The third kappa shape index (κ3) is 7.92. The molecule has 5 N–H and O–H groups in total. The van der Waals surface area contributed by atoms with Crippen LogP contribution in [0.3, 0.4) is 0 Å². The summed E-state index contributed by atoms with van der Waals surface area (Å²) in [4.78, 5) is 27.1. The number of anilines is 1. The fraction of sp³-hybridized carbons (Fsp3) is 0.417. The van der Waals surface area contributed by atoms with E-state index in [4.69, 9.17) is 33.7 Å². The van der Waals surface area contributed by atoms with Gasteiger partial charge in [-0.05, 0) is 73.2 Å². The van der Waals surface area contributed by atoms with Crippen LogP contribution in [0.2, 0.25) is 10.0 Å². The van der Waals surface area contributed by atoms with E-state index >= 15 is 8.78 Å². The monoisotopic (exact) mass is 699 g/mol. The number of carbonyl (C=O) groups is 2. The Labute approximate surface area is 290 Å². The Bertz CT molecular complexity index is 1690. The molecule has 0 aromatic heterocycles. The molecule has 3 aromatic carbocycles. The third-order valence-corrected chi connectivity index (χ3v) is 9.15. The molecule has 4 atom stereocenters. The van der Waals surface area contributed by atoms with Gasteiger partial charge in [0.25, 0.3) is 5.91 Å². The number of unbranched alkanes of at least 4 members (excludes halogenated alkanes) is 2. The second-order valence-electron chi connectivity index (χ2n) is 13.2. The fourth-order valence-electron chi connectivity index (χ4n) is 6.45. The molecule has 0 bridgehead atoms. The summed E-state index contributed by atoms with van der Waals surface area (Å²) in [5.74, 6) is -3.52. The lowest BCUT2D eigenvalue weighted by molar-refractivity contribution is -0.118. The van der Waals surface area contributed by atoms with E-state index in [9.17, 15) is 14.9 Å².